The topological polar surface area (TPSA) is 69.7 Å². The number of amides is 1. The van der Waals surface area contributed by atoms with Gasteiger partial charge in [-0.3, -0.25) is 4.79 Å². The third kappa shape index (κ3) is 4.94. The molecular weight excluding hydrogens is 362 g/mol. The average Bonchev–Trinajstić information content (AvgIpc) is 2.96. The monoisotopic (exact) mass is 387 g/mol. The van der Waals surface area contributed by atoms with Crippen molar-refractivity contribution in [1.29, 1.82) is 0 Å². The fraction of sp³-hybridized carbons (Fsp3) is 0.588. The van der Waals surface area contributed by atoms with Gasteiger partial charge in [-0.1, -0.05) is 18.2 Å². The molecule has 1 aromatic rings. The lowest BCUT2D eigenvalue weighted by molar-refractivity contribution is -0.131. The highest BCUT2D eigenvalue weighted by molar-refractivity contribution is 7.89. The quantitative estimate of drug-likeness (QED) is 0.849. The van der Waals surface area contributed by atoms with Crippen LogP contribution in [0.15, 0.2) is 35.2 Å². The number of hydrogen-bond acceptors (Lipinski definition) is 4. The molecule has 6 nitrogen and oxygen atoms in total. The molecule has 8 heteroatoms. The van der Waals surface area contributed by atoms with Crippen molar-refractivity contribution in [2.24, 2.45) is 0 Å². The number of halogens is 1. The molecule has 2 aliphatic rings. The Morgan fingerprint density at radius 3 is 2.52 bits per heavy atom. The highest BCUT2D eigenvalue weighted by atomic mass is 35.5. The van der Waals surface area contributed by atoms with Gasteiger partial charge in [-0.2, -0.15) is 4.31 Å². The van der Waals surface area contributed by atoms with Crippen molar-refractivity contribution >= 4 is 28.3 Å². The van der Waals surface area contributed by atoms with Crippen molar-refractivity contribution < 1.29 is 13.2 Å². The van der Waals surface area contributed by atoms with E-state index >= 15 is 0 Å². The summed E-state index contributed by atoms with van der Waals surface area (Å²) in [6, 6.07) is 8.79. The molecule has 0 radical (unpaired) electrons. The van der Waals surface area contributed by atoms with Gasteiger partial charge in [0, 0.05) is 38.6 Å². The Bertz CT molecular complexity index is 663. The number of carbonyl (C=O) groups is 1. The summed E-state index contributed by atoms with van der Waals surface area (Å²) in [7, 11) is -3.47. The van der Waals surface area contributed by atoms with Crippen LogP contribution in [0.3, 0.4) is 0 Å². The zero-order chi connectivity index (χ0) is 17.0. The van der Waals surface area contributed by atoms with Gasteiger partial charge in [0.1, 0.15) is 0 Å². The van der Waals surface area contributed by atoms with Crippen LogP contribution in [-0.4, -0.2) is 62.3 Å². The summed E-state index contributed by atoms with van der Waals surface area (Å²) >= 11 is 0. The Morgan fingerprint density at radius 2 is 1.84 bits per heavy atom. The standard InChI is InChI=1S/C17H25N3O3S.ClH/c21-17(14-15-6-4-9-18-15)19-10-5-11-20(13-12-19)24(22,23)16-7-2-1-3-8-16;/h1-3,7-8,15,18H,4-6,9-14H2;1H. The Kier molecular flexibility index (Phi) is 7.25. The van der Waals surface area contributed by atoms with Crippen LogP contribution in [0.4, 0.5) is 0 Å². The third-order valence-corrected chi connectivity index (χ3v) is 6.68. The number of carbonyl (C=O) groups excluding carboxylic acids is 1. The summed E-state index contributed by atoms with van der Waals surface area (Å²) in [5.74, 6) is 0.133. The first-order chi connectivity index (χ1) is 11.6. The second kappa shape index (κ2) is 8.98. The van der Waals surface area contributed by atoms with Crippen molar-refractivity contribution in [3.63, 3.8) is 0 Å². The Hall–Kier alpha value is -1.15. The molecule has 3 rings (SSSR count). The lowest BCUT2D eigenvalue weighted by Gasteiger charge is -2.23. The second-order valence-electron chi connectivity index (χ2n) is 6.45. The van der Waals surface area contributed by atoms with Crippen LogP contribution in [0.25, 0.3) is 0 Å². The minimum atomic E-state index is -3.47. The van der Waals surface area contributed by atoms with Gasteiger partial charge >= 0.3 is 0 Å². The van der Waals surface area contributed by atoms with E-state index in [0.717, 1.165) is 19.4 Å². The maximum atomic E-state index is 12.7. The van der Waals surface area contributed by atoms with Gasteiger partial charge in [0.25, 0.3) is 0 Å². The number of nitrogens with zero attached hydrogens (tertiary/aromatic N) is 2. The molecule has 1 atom stereocenters. The van der Waals surface area contributed by atoms with E-state index in [4.69, 9.17) is 0 Å². The Labute approximate surface area is 156 Å². The largest absolute Gasteiger partial charge is 0.341 e. The highest BCUT2D eigenvalue weighted by Crippen LogP contribution is 2.18. The molecular formula is C17H26ClN3O3S. The molecule has 1 N–H and O–H groups in total. The molecule has 0 aromatic heterocycles. The smallest absolute Gasteiger partial charge is 0.243 e. The summed E-state index contributed by atoms with van der Waals surface area (Å²) in [6.45, 7) is 2.91. The van der Waals surface area contributed by atoms with E-state index in [2.05, 4.69) is 5.32 Å². The van der Waals surface area contributed by atoms with Crippen LogP contribution in [0.5, 0.6) is 0 Å². The Morgan fingerprint density at radius 1 is 1.08 bits per heavy atom. The molecule has 1 aromatic carbocycles. The van der Waals surface area contributed by atoms with Crippen molar-refractivity contribution in [1.82, 2.24) is 14.5 Å². The van der Waals surface area contributed by atoms with Gasteiger partial charge in [-0.05, 0) is 37.9 Å². The molecule has 25 heavy (non-hydrogen) atoms. The normalized spacial score (nSPS) is 22.2. The molecule has 0 spiro atoms. The lowest BCUT2D eigenvalue weighted by atomic mass is 10.1. The van der Waals surface area contributed by atoms with E-state index in [1.165, 1.54) is 4.31 Å². The van der Waals surface area contributed by atoms with Crippen LogP contribution in [-0.2, 0) is 14.8 Å². The van der Waals surface area contributed by atoms with Crippen LogP contribution < -0.4 is 5.32 Å². The fourth-order valence-corrected chi connectivity index (χ4v) is 4.89. The lowest BCUT2D eigenvalue weighted by Crippen LogP contribution is -2.39. The molecule has 2 fully saturated rings. The predicted octanol–water partition coefficient (Wildman–Crippen LogP) is 1.47. The van der Waals surface area contributed by atoms with E-state index in [1.807, 2.05) is 4.90 Å². The maximum Gasteiger partial charge on any atom is 0.243 e. The van der Waals surface area contributed by atoms with Crippen molar-refractivity contribution in [3.8, 4) is 0 Å². The van der Waals surface area contributed by atoms with Gasteiger partial charge in [0.15, 0.2) is 0 Å². The molecule has 140 valence electrons. The number of nitrogens with one attached hydrogen (secondary N) is 1. The first kappa shape index (κ1) is 20.2. The number of benzene rings is 1. The number of rotatable bonds is 4. The van der Waals surface area contributed by atoms with Crippen LogP contribution in [0, 0.1) is 0 Å². The first-order valence-corrected chi connectivity index (χ1v) is 10.1. The molecule has 0 bridgehead atoms. The molecule has 2 saturated heterocycles. The van der Waals surface area contributed by atoms with Gasteiger partial charge < -0.3 is 10.2 Å². The van der Waals surface area contributed by atoms with Crippen LogP contribution in [0.2, 0.25) is 0 Å². The Balaban J connectivity index is 0.00000225. The number of sulfonamides is 1. The minimum absolute atomic E-state index is 0. The van der Waals surface area contributed by atoms with E-state index in [1.54, 1.807) is 30.3 Å². The zero-order valence-electron chi connectivity index (χ0n) is 14.3. The van der Waals surface area contributed by atoms with Crippen molar-refractivity contribution in [2.45, 2.75) is 36.6 Å². The van der Waals surface area contributed by atoms with E-state index in [9.17, 15) is 13.2 Å². The average molecular weight is 388 g/mol. The van der Waals surface area contributed by atoms with E-state index in [-0.39, 0.29) is 24.4 Å². The van der Waals surface area contributed by atoms with Crippen molar-refractivity contribution in [2.75, 3.05) is 32.7 Å². The van der Waals surface area contributed by atoms with Gasteiger partial charge in [0.05, 0.1) is 4.90 Å². The van der Waals surface area contributed by atoms with Crippen LogP contribution >= 0.6 is 12.4 Å². The molecule has 2 aliphatic heterocycles. The maximum absolute atomic E-state index is 12.7. The summed E-state index contributed by atoms with van der Waals surface area (Å²) in [6.07, 6.45) is 3.37. The van der Waals surface area contributed by atoms with Gasteiger partial charge in [-0.25, -0.2) is 8.42 Å². The zero-order valence-corrected chi connectivity index (χ0v) is 15.9. The number of hydrogen-bond donors (Lipinski definition) is 1. The van der Waals surface area contributed by atoms with Crippen molar-refractivity contribution in [3.05, 3.63) is 30.3 Å². The minimum Gasteiger partial charge on any atom is -0.341 e. The third-order valence-electron chi connectivity index (χ3n) is 4.77. The molecule has 1 unspecified atom stereocenters. The summed E-state index contributed by atoms with van der Waals surface area (Å²) < 4.78 is 26.9. The molecule has 0 aliphatic carbocycles. The van der Waals surface area contributed by atoms with Crippen LogP contribution in [0.1, 0.15) is 25.7 Å². The van der Waals surface area contributed by atoms with Gasteiger partial charge in [-0.15, -0.1) is 12.4 Å². The molecule has 1 amide bonds. The first-order valence-electron chi connectivity index (χ1n) is 8.64. The van der Waals surface area contributed by atoms with E-state index < -0.39 is 10.0 Å². The fourth-order valence-electron chi connectivity index (χ4n) is 3.40. The summed E-state index contributed by atoms with van der Waals surface area (Å²) in [5.41, 5.74) is 0. The molecule has 2 heterocycles. The summed E-state index contributed by atoms with van der Waals surface area (Å²) in [4.78, 5) is 14.6. The molecule has 0 saturated carbocycles. The predicted molar refractivity (Wildman–Crippen MR) is 99.3 cm³/mol. The van der Waals surface area contributed by atoms with Gasteiger partial charge in [0.2, 0.25) is 15.9 Å². The summed E-state index contributed by atoms with van der Waals surface area (Å²) in [5, 5.41) is 3.34. The van der Waals surface area contributed by atoms with E-state index in [0.29, 0.717) is 43.9 Å². The second-order valence-corrected chi connectivity index (χ2v) is 8.39. The SMILES string of the molecule is Cl.O=C(CC1CCCN1)N1CCCN(S(=O)(=O)c2ccccc2)CC1. The highest BCUT2D eigenvalue weighted by Gasteiger charge is 2.29.